The lowest BCUT2D eigenvalue weighted by molar-refractivity contribution is -0.152. The van der Waals surface area contributed by atoms with Crippen LogP contribution in [0.5, 0.6) is 0 Å². The second kappa shape index (κ2) is 8.96. The van der Waals surface area contributed by atoms with Crippen molar-refractivity contribution in [3.05, 3.63) is 53.2 Å². The number of aromatic nitrogens is 1. The zero-order chi connectivity index (χ0) is 19.9. The van der Waals surface area contributed by atoms with Crippen LogP contribution in [-0.2, 0) is 43.6 Å². The fraction of sp³-hybridized carbons (Fsp3) is 0.263. The van der Waals surface area contributed by atoms with E-state index in [-0.39, 0.29) is 32.2 Å². The summed E-state index contributed by atoms with van der Waals surface area (Å²) >= 11 is 0. The number of rotatable bonds is 5. The number of nitrogens with one attached hydrogen (secondary N) is 2. The van der Waals surface area contributed by atoms with Crippen LogP contribution >= 0.6 is 0 Å². The number of amides is 2. The Bertz CT molecular complexity index is 885. The molecule has 1 aromatic heterocycles. The summed E-state index contributed by atoms with van der Waals surface area (Å²) < 4.78 is 15.2. The van der Waals surface area contributed by atoms with Crippen molar-refractivity contribution in [3.8, 4) is 0 Å². The van der Waals surface area contributed by atoms with Crippen molar-refractivity contribution in [1.82, 2.24) is 4.98 Å². The fourth-order valence-electron chi connectivity index (χ4n) is 2.61. The maximum atomic E-state index is 12.1. The molecule has 0 spiro atoms. The Morgan fingerprint density at radius 2 is 1.82 bits per heavy atom. The number of carbonyl (C=O) groups excluding carboxylic acids is 3. The van der Waals surface area contributed by atoms with Gasteiger partial charge in [0.15, 0.2) is 0 Å². The molecule has 0 saturated heterocycles. The molecular formula is C19H19N3O6. The summed E-state index contributed by atoms with van der Waals surface area (Å²) in [6.07, 6.45) is 0.686. The molecule has 9 nitrogen and oxygen atoms in total. The van der Waals surface area contributed by atoms with Gasteiger partial charge in [0.05, 0.1) is 31.7 Å². The quantitative estimate of drug-likeness (QED) is 0.599. The predicted molar refractivity (Wildman–Crippen MR) is 98.2 cm³/mol. The second-order valence-corrected chi connectivity index (χ2v) is 5.83. The number of hydrogen-bond acceptors (Lipinski definition) is 7. The normalized spacial score (nSPS) is 12.0. The lowest BCUT2D eigenvalue weighted by Gasteiger charge is -2.12. The Morgan fingerprint density at radius 1 is 1.07 bits per heavy atom. The molecule has 0 atom stereocenters. The van der Waals surface area contributed by atoms with Gasteiger partial charge in [0.2, 0.25) is 0 Å². The molecule has 0 unspecified atom stereocenters. The van der Waals surface area contributed by atoms with Crippen LogP contribution in [-0.4, -0.2) is 29.6 Å². The maximum Gasteiger partial charge on any atom is 0.413 e. The van der Waals surface area contributed by atoms with Crippen LogP contribution in [0.15, 0.2) is 36.5 Å². The van der Waals surface area contributed by atoms with Crippen molar-refractivity contribution >= 4 is 29.5 Å². The zero-order valence-electron chi connectivity index (χ0n) is 15.2. The molecule has 2 N–H and O–H groups in total. The van der Waals surface area contributed by atoms with Crippen LogP contribution in [0.2, 0.25) is 0 Å². The molecule has 28 heavy (non-hydrogen) atoms. The van der Waals surface area contributed by atoms with E-state index in [1.165, 1.54) is 6.20 Å². The van der Waals surface area contributed by atoms with Crippen molar-refractivity contribution in [2.24, 2.45) is 0 Å². The van der Waals surface area contributed by atoms with E-state index in [0.29, 0.717) is 16.8 Å². The highest BCUT2D eigenvalue weighted by molar-refractivity contribution is 6.37. The van der Waals surface area contributed by atoms with E-state index in [1.54, 1.807) is 6.92 Å². The standard InChI is InChI=1S/C19H19N3O6/c1-2-27-18(24)17(23)21-15-8-20-16(14-11-26-10-13(14)15)22-19(25)28-9-12-6-4-3-5-7-12/h3-8H,2,9-11H2,1H3,(H,21,23)(H,20,22,25). The number of anilines is 2. The van der Waals surface area contributed by atoms with Crippen molar-refractivity contribution in [2.45, 2.75) is 26.7 Å². The third-order valence-electron chi connectivity index (χ3n) is 3.93. The van der Waals surface area contributed by atoms with Crippen LogP contribution in [0.25, 0.3) is 0 Å². The maximum absolute atomic E-state index is 12.1. The summed E-state index contributed by atoms with van der Waals surface area (Å²) in [4.78, 5) is 39.5. The van der Waals surface area contributed by atoms with Gasteiger partial charge in [-0.15, -0.1) is 0 Å². The molecule has 1 aromatic carbocycles. The molecule has 0 aliphatic carbocycles. The van der Waals surface area contributed by atoms with Crippen LogP contribution in [0.4, 0.5) is 16.3 Å². The van der Waals surface area contributed by atoms with E-state index in [9.17, 15) is 14.4 Å². The molecule has 2 aromatic rings. The van der Waals surface area contributed by atoms with E-state index in [2.05, 4.69) is 20.4 Å². The van der Waals surface area contributed by atoms with E-state index >= 15 is 0 Å². The summed E-state index contributed by atoms with van der Waals surface area (Å²) in [6.45, 7) is 2.25. The highest BCUT2D eigenvalue weighted by atomic mass is 16.5. The molecule has 0 bridgehead atoms. The molecule has 1 aliphatic rings. The van der Waals surface area contributed by atoms with Crippen LogP contribution in [0.1, 0.15) is 23.6 Å². The van der Waals surface area contributed by atoms with E-state index in [0.717, 1.165) is 5.56 Å². The minimum absolute atomic E-state index is 0.0969. The molecule has 0 fully saturated rings. The number of benzene rings is 1. The Balaban J connectivity index is 1.66. The van der Waals surface area contributed by atoms with Crippen molar-refractivity contribution in [3.63, 3.8) is 0 Å². The molecule has 3 rings (SSSR count). The van der Waals surface area contributed by atoms with Gasteiger partial charge in [-0.1, -0.05) is 30.3 Å². The Hall–Kier alpha value is -3.46. The molecule has 1 aliphatic heterocycles. The lowest BCUT2D eigenvalue weighted by atomic mass is 10.1. The summed E-state index contributed by atoms with van der Waals surface area (Å²) in [5, 5.41) is 5.03. The average Bonchev–Trinajstić information content (AvgIpc) is 3.20. The Kier molecular flexibility index (Phi) is 6.18. The highest BCUT2D eigenvalue weighted by Gasteiger charge is 2.24. The molecule has 9 heteroatoms. The van der Waals surface area contributed by atoms with Gasteiger partial charge in [-0.2, -0.15) is 0 Å². The van der Waals surface area contributed by atoms with Crippen LogP contribution < -0.4 is 10.6 Å². The molecule has 0 radical (unpaired) electrons. The van der Waals surface area contributed by atoms with Gasteiger partial charge in [0.1, 0.15) is 12.4 Å². The van der Waals surface area contributed by atoms with Gasteiger partial charge in [-0.3, -0.25) is 10.1 Å². The summed E-state index contributed by atoms with van der Waals surface area (Å²) in [5.74, 6) is -1.61. The Labute approximate surface area is 161 Å². The first-order chi connectivity index (χ1) is 13.6. The van der Waals surface area contributed by atoms with E-state index in [1.807, 2.05) is 30.3 Å². The second-order valence-electron chi connectivity index (χ2n) is 5.83. The summed E-state index contributed by atoms with van der Waals surface area (Å²) in [7, 11) is 0. The average molecular weight is 385 g/mol. The molecule has 146 valence electrons. The molecule has 2 amide bonds. The van der Waals surface area contributed by atoms with Gasteiger partial charge < -0.3 is 19.5 Å². The number of carbonyl (C=O) groups is 3. The number of esters is 1. The SMILES string of the molecule is CCOC(=O)C(=O)Nc1cnc(NC(=O)OCc2ccccc2)c2c1COC2. The largest absolute Gasteiger partial charge is 0.459 e. The van der Waals surface area contributed by atoms with Crippen LogP contribution in [0.3, 0.4) is 0 Å². The van der Waals surface area contributed by atoms with Gasteiger partial charge in [0.25, 0.3) is 0 Å². The monoisotopic (exact) mass is 385 g/mol. The van der Waals surface area contributed by atoms with Crippen LogP contribution in [0, 0.1) is 0 Å². The lowest BCUT2D eigenvalue weighted by Crippen LogP contribution is -2.26. The molecular weight excluding hydrogens is 366 g/mol. The first-order valence-corrected chi connectivity index (χ1v) is 8.62. The van der Waals surface area contributed by atoms with E-state index in [4.69, 9.17) is 9.47 Å². The number of nitrogens with zero attached hydrogens (tertiary/aromatic N) is 1. The van der Waals surface area contributed by atoms with Crippen molar-refractivity contribution < 1.29 is 28.6 Å². The summed E-state index contributed by atoms with van der Waals surface area (Å²) in [6, 6.07) is 9.27. The Morgan fingerprint density at radius 3 is 2.57 bits per heavy atom. The zero-order valence-corrected chi connectivity index (χ0v) is 15.2. The number of fused-ring (bicyclic) bond motifs is 1. The summed E-state index contributed by atoms with van der Waals surface area (Å²) in [5.41, 5.74) is 2.43. The van der Waals surface area contributed by atoms with Gasteiger partial charge in [-0.25, -0.2) is 14.6 Å². The topological polar surface area (TPSA) is 116 Å². The first kappa shape index (κ1) is 19.3. The third kappa shape index (κ3) is 4.63. The first-order valence-electron chi connectivity index (χ1n) is 8.62. The van der Waals surface area contributed by atoms with Crippen molar-refractivity contribution in [1.29, 1.82) is 0 Å². The number of ether oxygens (including phenoxy) is 3. The van der Waals surface area contributed by atoms with Gasteiger partial charge in [0, 0.05) is 11.1 Å². The predicted octanol–water partition coefficient (Wildman–Crippen LogP) is 2.36. The minimum atomic E-state index is -0.984. The minimum Gasteiger partial charge on any atom is -0.459 e. The van der Waals surface area contributed by atoms with Gasteiger partial charge >= 0.3 is 18.0 Å². The van der Waals surface area contributed by atoms with Gasteiger partial charge in [-0.05, 0) is 12.5 Å². The van der Waals surface area contributed by atoms with Crippen molar-refractivity contribution in [2.75, 3.05) is 17.2 Å². The molecule has 0 saturated carbocycles. The number of pyridine rings is 1. The molecule has 2 heterocycles. The third-order valence-corrected chi connectivity index (χ3v) is 3.93. The van der Waals surface area contributed by atoms with E-state index < -0.39 is 18.0 Å². The highest BCUT2D eigenvalue weighted by Crippen LogP contribution is 2.31. The fourth-order valence-corrected chi connectivity index (χ4v) is 2.61. The smallest absolute Gasteiger partial charge is 0.413 e. The number of hydrogen-bond donors (Lipinski definition) is 2.